The number of carbonyl (C=O) groups is 1. The van der Waals surface area contributed by atoms with Gasteiger partial charge in [0.05, 0.1) is 5.41 Å². The van der Waals surface area contributed by atoms with E-state index in [1.165, 1.54) is 6.07 Å². The number of hydrogen-bond donors (Lipinski definition) is 2. The van der Waals surface area contributed by atoms with Gasteiger partial charge in [-0.15, -0.1) is 0 Å². The Hall–Kier alpha value is -1.53. The van der Waals surface area contributed by atoms with E-state index in [1.54, 1.807) is 0 Å². The van der Waals surface area contributed by atoms with Gasteiger partial charge in [-0.05, 0) is 18.9 Å². The predicted octanol–water partition coefficient (Wildman–Crippen LogP) is 1.34. The topological polar surface area (TPSA) is 64.4 Å². The molecule has 0 saturated carbocycles. The van der Waals surface area contributed by atoms with Crippen LogP contribution >= 0.6 is 0 Å². The van der Waals surface area contributed by atoms with Gasteiger partial charge in [-0.1, -0.05) is 6.07 Å². The van der Waals surface area contributed by atoms with Crippen LogP contribution in [0.15, 0.2) is 18.2 Å². The van der Waals surface area contributed by atoms with E-state index in [0.717, 1.165) is 12.1 Å². The Balaban J connectivity index is 2.00. The minimum Gasteiger partial charge on any atom is -0.381 e. The SMILES string of the molecule is NCC1(C(=O)NCc2ccc(F)cc2F)CCOCC1. The van der Waals surface area contributed by atoms with Crippen LogP contribution in [0.25, 0.3) is 0 Å². The molecule has 1 aromatic carbocycles. The van der Waals surface area contributed by atoms with Crippen molar-refractivity contribution in [2.24, 2.45) is 11.1 Å². The maximum absolute atomic E-state index is 13.5. The van der Waals surface area contributed by atoms with Gasteiger partial charge in [0.25, 0.3) is 0 Å². The predicted molar refractivity (Wildman–Crippen MR) is 69.7 cm³/mol. The van der Waals surface area contributed by atoms with Gasteiger partial charge < -0.3 is 15.8 Å². The van der Waals surface area contributed by atoms with Gasteiger partial charge in [0, 0.05) is 37.9 Å². The molecular weight excluding hydrogens is 266 g/mol. The van der Waals surface area contributed by atoms with Crippen LogP contribution in [0.2, 0.25) is 0 Å². The lowest BCUT2D eigenvalue weighted by Crippen LogP contribution is -2.49. The Morgan fingerprint density at radius 2 is 2.05 bits per heavy atom. The minimum atomic E-state index is -0.668. The first kappa shape index (κ1) is 14.9. The number of rotatable bonds is 4. The summed E-state index contributed by atoms with van der Waals surface area (Å²) in [6, 6.07) is 3.29. The van der Waals surface area contributed by atoms with Crippen molar-refractivity contribution < 1.29 is 18.3 Å². The van der Waals surface area contributed by atoms with Crippen LogP contribution in [-0.2, 0) is 16.1 Å². The third kappa shape index (κ3) is 3.13. The molecule has 1 amide bonds. The second-order valence-corrected chi connectivity index (χ2v) is 5.02. The highest BCUT2D eigenvalue weighted by molar-refractivity contribution is 5.83. The molecule has 0 spiro atoms. The molecule has 0 atom stereocenters. The van der Waals surface area contributed by atoms with Gasteiger partial charge >= 0.3 is 0 Å². The van der Waals surface area contributed by atoms with Crippen molar-refractivity contribution in [3.05, 3.63) is 35.4 Å². The van der Waals surface area contributed by atoms with Gasteiger partial charge in [-0.2, -0.15) is 0 Å². The summed E-state index contributed by atoms with van der Waals surface area (Å²) < 4.78 is 31.5. The maximum atomic E-state index is 13.5. The van der Waals surface area contributed by atoms with E-state index in [4.69, 9.17) is 10.5 Å². The zero-order valence-corrected chi connectivity index (χ0v) is 11.1. The number of ether oxygens (including phenoxy) is 1. The number of hydrogen-bond acceptors (Lipinski definition) is 3. The summed E-state index contributed by atoms with van der Waals surface area (Å²) in [5.41, 5.74) is 5.32. The first-order valence-corrected chi connectivity index (χ1v) is 6.57. The van der Waals surface area contributed by atoms with Gasteiger partial charge in [-0.3, -0.25) is 4.79 Å². The molecule has 6 heteroatoms. The lowest BCUT2D eigenvalue weighted by Gasteiger charge is -2.34. The molecular formula is C14H18F2N2O2. The molecule has 3 N–H and O–H groups in total. The average molecular weight is 284 g/mol. The van der Waals surface area contributed by atoms with Gasteiger partial charge in [0.1, 0.15) is 11.6 Å². The molecule has 1 fully saturated rings. The number of nitrogens with two attached hydrogens (primary N) is 1. The Morgan fingerprint density at radius 3 is 2.65 bits per heavy atom. The summed E-state index contributed by atoms with van der Waals surface area (Å²) >= 11 is 0. The molecule has 0 aliphatic carbocycles. The molecule has 4 nitrogen and oxygen atoms in total. The molecule has 20 heavy (non-hydrogen) atoms. The lowest BCUT2D eigenvalue weighted by atomic mass is 9.79. The molecule has 2 rings (SSSR count). The number of halogens is 2. The first-order chi connectivity index (χ1) is 9.57. The number of carbonyl (C=O) groups excluding carboxylic acids is 1. The fourth-order valence-electron chi connectivity index (χ4n) is 2.31. The fraction of sp³-hybridized carbons (Fsp3) is 0.500. The molecule has 1 aliphatic rings. The Kier molecular flexibility index (Phi) is 4.67. The number of benzene rings is 1. The summed E-state index contributed by atoms with van der Waals surface area (Å²) in [7, 11) is 0. The van der Waals surface area contributed by atoms with Crippen molar-refractivity contribution in [1.82, 2.24) is 5.32 Å². The first-order valence-electron chi connectivity index (χ1n) is 6.57. The van der Waals surface area contributed by atoms with Crippen LogP contribution < -0.4 is 11.1 Å². The quantitative estimate of drug-likeness (QED) is 0.877. The van der Waals surface area contributed by atoms with Crippen molar-refractivity contribution in [2.45, 2.75) is 19.4 Å². The van der Waals surface area contributed by atoms with Crippen LogP contribution in [0.4, 0.5) is 8.78 Å². The van der Waals surface area contributed by atoms with Crippen LogP contribution in [-0.4, -0.2) is 25.7 Å². The summed E-state index contributed by atoms with van der Waals surface area (Å²) in [5.74, 6) is -1.51. The van der Waals surface area contributed by atoms with E-state index in [9.17, 15) is 13.6 Å². The van der Waals surface area contributed by atoms with E-state index in [2.05, 4.69) is 5.32 Å². The van der Waals surface area contributed by atoms with Crippen LogP contribution in [0.5, 0.6) is 0 Å². The third-order valence-electron chi connectivity index (χ3n) is 3.78. The highest BCUT2D eigenvalue weighted by Crippen LogP contribution is 2.29. The average Bonchev–Trinajstić information content (AvgIpc) is 2.46. The zero-order valence-electron chi connectivity index (χ0n) is 11.1. The van der Waals surface area contributed by atoms with Crippen molar-refractivity contribution in [3.8, 4) is 0 Å². The van der Waals surface area contributed by atoms with Crippen molar-refractivity contribution >= 4 is 5.91 Å². The van der Waals surface area contributed by atoms with Gasteiger partial charge in [0.15, 0.2) is 0 Å². The smallest absolute Gasteiger partial charge is 0.227 e. The summed E-state index contributed by atoms with van der Waals surface area (Å²) in [6.45, 7) is 1.24. The van der Waals surface area contributed by atoms with E-state index < -0.39 is 17.0 Å². The Bertz CT molecular complexity index is 488. The molecule has 0 radical (unpaired) electrons. The van der Waals surface area contributed by atoms with E-state index >= 15 is 0 Å². The van der Waals surface area contributed by atoms with Crippen LogP contribution in [0.3, 0.4) is 0 Å². The highest BCUT2D eigenvalue weighted by atomic mass is 19.1. The van der Waals surface area contributed by atoms with E-state index in [0.29, 0.717) is 26.1 Å². The van der Waals surface area contributed by atoms with Crippen LogP contribution in [0.1, 0.15) is 18.4 Å². The molecule has 1 heterocycles. The Morgan fingerprint density at radius 1 is 1.35 bits per heavy atom. The lowest BCUT2D eigenvalue weighted by molar-refractivity contribution is -0.136. The molecule has 1 aromatic rings. The second kappa shape index (κ2) is 6.28. The molecule has 0 unspecified atom stereocenters. The van der Waals surface area contributed by atoms with E-state index in [-0.39, 0.29) is 24.6 Å². The third-order valence-corrected chi connectivity index (χ3v) is 3.78. The van der Waals surface area contributed by atoms with Crippen molar-refractivity contribution in [1.29, 1.82) is 0 Å². The summed E-state index contributed by atoms with van der Waals surface area (Å²) in [5, 5.41) is 2.68. The molecule has 0 bridgehead atoms. The maximum Gasteiger partial charge on any atom is 0.227 e. The Labute approximate surface area is 116 Å². The van der Waals surface area contributed by atoms with Gasteiger partial charge in [0.2, 0.25) is 5.91 Å². The largest absolute Gasteiger partial charge is 0.381 e. The van der Waals surface area contributed by atoms with Crippen molar-refractivity contribution in [2.75, 3.05) is 19.8 Å². The van der Waals surface area contributed by atoms with Crippen molar-refractivity contribution in [3.63, 3.8) is 0 Å². The summed E-state index contributed by atoms with van der Waals surface area (Å²) in [6.07, 6.45) is 1.11. The number of nitrogens with one attached hydrogen (secondary N) is 1. The van der Waals surface area contributed by atoms with Crippen LogP contribution in [0, 0.1) is 17.0 Å². The number of amides is 1. The summed E-state index contributed by atoms with van der Waals surface area (Å²) in [4.78, 5) is 12.3. The normalized spacial score (nSPS) is 17.8. The highest BCUT2D eigenvalue weighted by Gasteiger charge is 2.38. The molecule has 0 aromatic heterocycles. The molecule has 1 saturated heterocycles. The second-order valence-electron chi connectivity index (χ2n) is 5.02. The standard InChI is InChI=1S/C14H18F2N2O2/c15-11-2-1-10(12(16)7-11)8-18-13(19)14(9-17)3-5-20-6-4-14/h1-2,7H,3-6,8-9,17H2,(H,18,19). The monoisotopic (exact) mass is 284 g/mol. The van der Waals surface area contributed by atoms with E-state index in [1.807, 2.05) is 0 Å². The van der Waals surface area contributed by atoms with Gasteiger partial charge in [-0.25, -0.2) is 8.78 Å². The molecule has 1 aliphatic heterocycles. The fourth-order valence-corrected chi connectivity index (χ4v) is 2.31. The molecule has 110 valence electrons. The minimum absolute atomic E-state index is 0.0214. The zero-order chi connectivity index (χ0) is 14.6.